The molecule has 13 heavy (non-hydrogen) atoms. The summed E-state index contributed by atoms with van der Waals surface area (Å²) in [6.07, 6.45) is 3.04. The molecule has 1 heterocycles. The molecule has 76 valence electrons. The van der Waals surface area contributed by atoms with E-state index in [0.717, 1.165) is 19.5 Å². The zero-order valence-corrected chi connectivity index (χ0v) is 9.33. The molecule has 4 heteroatoms. The van der Waals surface area contributed by atoms with Crippen molar-refractivity contribution in [2.75, 3.05) is 19.3 Å². The molecule has 0 aliphatic carbocycles. The van der Waals surface area contributed by atoms with Gasteiger partial charge in [-0.1, -0.05) is 0 Å². The molecule has 1 aliphatic rings. The van der Waals surface area contributed by atoms with Gasteiger partial charge in [0.1, 0.15) is 0 Å². The Morgan fingerprint density at radius 1 is 1.69 bits per heavy atom. The number of carbonyl (C=O) groups excluding carboxylic acids is 1. The number of amides is 1. The third-order valence-electron chi connectivity index (χ3n) is 2.38. The van der Waals surface area contributed by atoms with Gasteiger partial charge in [0.15, 0.2) is 0 Å². The van der Waals surface area contributed by atoms with E-state index in [1.807, 2.05) is 0 Å². The van der Waals surface area contributed by atoms with Gasteiger partial charge in [-0.15, -0.1) is 0 Å². The highest BCUT2D eigenvalue weighted by Crippen LogP contribution is 2.19. The van der Waals surface area contributed by atoms with Crippen LogP contribution < -0.4 is 10.6 Å². The molecule has 0 radical (unpaired) electrons. The number of hydrogen-bond acceptors (Lipinski definition) is 3. The fourth-order valence-electron chi connectivity index (χ4n) is 1.01. The summed E-state index contributed by atoms with van der Waals surface area (Å²) >= 11 is 1.77. The third-order valence-corrected chi connectivity index (χ3v) is 3.63. The highest BCUT2D eigenvalue weighted by Gasteiger charge is 2.25. The number of thioether (sulfide) groups is 1. The van der Waals surface area contributed by atoms with Crippen LogP contribution in [0.15, 0.2) is 0 Å². The van der Waals surface area contributed by atoms with E-state index in [4.69, 9.17) is 0 Å². The van der Waals surface area contributed by atoms with Crippen LogP contribution in [0.25, 0.3) is 0 Å². The lowest BCUT2D eigenvalue weighted by Crippen LogP contribution is -2.54. The summed E-state index contributed by atoms with van der Waals surface area (Å²) in [5.41, 5.74) is 0. The van der Waals surface area contributed by atoms with Crippen LogP contribution >= 0.6 is 11.8 Å². The fraction of sp³-hybridized carbons (Fsp3) is 0.889. The summed E-state index contributed by atoms with van der Waals surface area (Å²) in [4.78, 5) is 11.4. The van der Waals surface area contributed by atoms with Gasteiger partial charge < -0.3 is 10.6 Å². The predicted octanol–water partition coefficient (Wildman–Crippen LogP) is 0.606. The van der Waals surface area contributed by atoms with Gasteiger partial charge in [0, 0.05) is 11.3 Å². The van der Waals surface area contributed by atoms with E-state index in [9.17, 15) is 4.79 Å². The molecular formula is C9H18N2OS. The molecule has 0 saturated carbocycles. The first kappa shape index (κ1) is 10.9. The lowest BCUT2D eigenvalue weighted by molar-refractivity contribution is -0.124. The van der Waals surface area contributed by atoms with Crippen molar-refractivity contribution in [3.63, 3.8) is 0 Å². The van der Waals surface area contributed by atoms with Gasteiger partial charge in [0.25, 0.3) is 0 Å². The molecule has 0 unspecified atom stereocenters. The van der Waals surface area contributed by atoms with Crippen LogP contribution in [0.3, 0.4) is 0 Å². The molecule has 0 aromatic rings. The molecule has 3 nitrogen and oxygen atoms in total. The lowest BCUT2D eigenvalue weighted by Gasteiger charge is -2.29. The molecule has 2 N–H and O–H groups in total. The second-order valence-corrected chi connectivity index (χ2v) is 5.49. The van der Waals surface area contributed by atoms with Crippen molar-refractivity contribution >= 4 is 17.7 Å². The number of rotatable bonds is 4. The van der Waals surface area contributed by atoms with Gasteiger partial charge in [-0.2, -0.15) is 11.8 Å². The summed E-state index contributed by atoms with van der Waals surface area (Å²) < 4.78 is 0.138. The largest absolute Gasteiger partial charge is 0.353 e. The molecule has 1 amide bonds. The first-order chi connectivity index (χ1) is 6.05. The average Bonchev–Trinajstić information content (AvgIpc) is 1.98. The normalized spacial score (nSPS) is 22.2. The highest BCUT2D eigenvalue weighted by atomic mass is 32.2. The monoisotopic (exact) mass is 202 g/mol. The third kappa shape index (κ3) is 3.19. The fourth-order valence-corrected chi connectivity index (χ4v) is 1.22. The number of hydrogen-bond donors (Lipinski definition) is 2. The Morgan fingerprint density at radius 2 is 2.31 bits per heavy atom. The Balaban J connectivity index is 2.21. The van der Waals surface area contributed by atoms with Crippen LogP contribution in [0.2, 0.25) is 0 Å². The van der Waals surface area contributed by atoms with Gasteiger partial charge in [-0.3, -0.25) is 4.79 Å². The second-order valence-electron chi connectivity index (χ2n) is 3.98. The van der Waals surface area contributed by atoms with Crippen LogP contribution in [-0.2, 0) is 4.79 Å². The Morgan fingerprint density at radius 3 is 2.69 bits per heavy atom. The molecule has 1 rings (SSSR count). The van der Waals surface area contributed by atoms with Crippen molar-refractivity contribution in [3.05, 3.63) is 0 Å². The minimum Gasteiger partial charge on any atom is -0.353 e. The summed E-state index contributed by atoms with van der Waals surface area (Å²) in [7, 11) is 0. The molecule has 0 spiro atoms. The molecule has 1 atom stereocenters. The highest BCUT2D eigenvalue weighted by molar-refractivity contribution is 7.99. The van der Waals surface area contributed by atoms with Crippen LogP contribution in [-0.4, -0.2) is 36.0 Å². The second kappa shape index (κ2) is 4.33. The topological polar surface area (TPSA) is 41.1 Å². The van der Waals surface area contributed by atoms with Crippen LogP contribution in [0, 0.1) is 0 Å². The molecule has 0 aromatic heterocycles. The van der Waals surface area contributed by atoms with Crippen molar-refractivity contribution in [2.45, 2.75) is 31.1 Å². The van der Waals surface area contributed by atoms with E-state index in [1.54, 1.807) is 11.8 Å². The summed E-state index contributed by atoms with van der Waals surface area (Å²) in [6.45, 7) is 5.98. The quantitative estimate of drug-likeness (QED) is 0.701. The van der Waals surface area contributed by atoms with Gasteiger partial charge in [0.05, 0.1) is 6.04 Å². The van der Waals surface area contributed by atoms with E-state index in [0.29, 0.717) is 0 Å². The Hall–Kier alpha value is -0.220. The maximum Gasteiger partial charge on any atom is 0.237 e. The van der Waals surface area contributed by atoms with E-state index >= 15 is 0 Å². The van der Waals surface area contributed by atoms with E-state index in [2.05, 4.69) is 30.7 Å². The average molecular weight is 202 g/mol. The van der Waals surface area contributed by atoms with Crippen molar-refractivity contribution in [1.82, 2.24) is 10.6 Å². The molecule has 1 aliphatic heterocycles. The summed E-state index contributed by atoms with van der Waals surface area (Å²) in [5.74, 6) is 0.147. The summed E-state index contributed by atoms with van der Waals surface area (Å²) in [6, 6.07) is 0.0673. The van der Waals surface area contributed by atoms with Crippen LogP contribution in [0.1, 0.15) is 20.3 Å². The molecule has 1 fully saturated rings. The van der Waals surface area contributed by atoms with Crippen molar-refractivity contribution in [2.24, 2.45) is 0 Å². The Bertz CT molecular complexity index is 190. The maximum absolute atomic E-state index is 11.4. The van der Waals surface area contributed by atoms with Gasteiger partial charge in [-0.25, -0.2) is 0 Å². The van der Waals surface area contributed by atoms with Gasteiger partial charge in [-0.05, 0) is 33.1 Å². The molecular weight excluding hydrogens is 184 g/mol. The molecule has 1 saturated heterocycles. The van der Waals surface area contributed by atoms with Crippen LogP contribution in [0.4, 0.5) is 0 Å². The first-order valence-corrected chi connectivity index (χ1v) is 5.84. The van der Waals surface area contributed by atoms with Crippen molar-refractivity contribution in [1.29, 1.82) is 0 Å². The summed E-state index contributed by atoms with van der Waals surface area (Å²) in [5, 5.41) is 6.03. The Kier molecular flexibility index (Phi) is 3.62. The van der Waals surface area contributed by atoms with Gasteiger partial charge in [0.2, 0.25) is 5.91 Å². The molecule has 0 bridgehead atoms. The lowest BCUT2D eigenvalue weighted by atomic mass is 10.1. The van der Waals surface area contributed by atoms with Gasteiger partial charge >= 0.3 is 0 Å². The van der Waals surface area contributed by atoms with E-state index < -0.39 is 0 Å². The minimum absolute atomic E-state index is 0.0673. The van der Waals surface area contributed by atoms with E-state index in [-0.39, 0.29) is 16.7 Å². The minimum atomic E-state index is 0.0673. The zero-order valence-electron chi connectivity index (χ0n) is 8.52. The smallest absolute Gasteiger partial charge is 0.237 e. The Labute approximate surface area is 84.0 Å². The predicted molar refractivity (Wildman–Crippen MR) is 57.0 cm³/mol. The molecule has 0 aromatic carbocycles. The first-order valence-electron chi connectivity index (χ1n) is 4.61. The van der Waals surface area contributed by atoms with Crippen molar-refractivity contribution in [3.8, 4) is 0 Å². The zero-order chi connectivity index (χ0) is 9.90. The van der Waals surface area contributed by atoms with Crippen LogP contribution in [0.5, 0.6) is 0 Å². The number of carbonyl (C=O) groups is 1. The standard InChI is InChI=1S/C9H18N2OS/c1-9(2,13-3)6-11-8(12)7-4-5-10-7/h7,10H,4-6H2,1-3H3,(H,11,12)/t7-/m1/s1. The van der Waals surface area contributed by atoms with Crippen molar-refractivity contribution < 1.29 is 4.79 Å². The SMILES string of the molecule is CSC(C)(C)CNC(=O)[C@H]1CCN1. The maximum atomic E-state index is 11.4. The van der Waals surface area contributed by atoms with E-state index in [1.165, 1.54) is 0 Å². The number of nitrogens with one attached hydrogen (secondary N) is 2.